The van der Waals surface area contributed by atoms with Gasteiger partial charge in [0.15, 0.2) is 5.78 Å². The van der Waals surface area contributed by atoms with Gasteiger partial charge >= 0.3 is 24.1 Å². The van der Waals surface area contributed by atoms with E-state index in [1.54, 1.807) is 29.6 Å². The second-order valence-corrected chi connectivity index (χ2v) is 8.62. The van der Waals surface area contributed by atoms with E-state index in [-0.39, 0.29) is 12.2 Å². The van der Waals surface area contributed by atoms with Gasteiger partial charge < -0.3 is 14.8 Å². The molecule has 1 aliphatic carbocycles. The Hall–Kier alpha value is -2.82. The molecule has 1 saturated carbocycles. The van der Waals surface area contributed by atoms with E-state index in [0.29, 0.717) is 29.8 Å². The molecule has 34 heavy (non-hydrogen) atoms. The molecule has 1 fully saturated rings. The average Bonchev–Trinajstić information content (AvgIpc) is 2.76. The predicted molar refractivity (Wildman–Crippen MR) is 115 cm³/mol. The summed E-state index contributed by atoms with van der Waals surface area (Å²) in [5.41, 5.74) is -0.939. The number of Topliss-reactive ketones (excluding diaryl/α,β-unsaturated/α-hetero) is 1. The van der Waals surface area contributed by atoms with Crippen LogP contribution in [0.1, 0.15) is 45.1 Å². The van der Waals surface area contributed by atoms with Gasteiger partial charge in [0.1, 0.15) is 11.6 Å². The molecule has 8 nitrogen and oxygen atoms in total. The Balaban J connectivity index is 2.10. The summed E-state index contributed by atoms with van der Waals surface area (Å²) in [6, 6.07) is 5.01. The van der Waals surface area contributed by atoms with E-state index in [0.717, 1.165) is 4.90 Å². The highest BCUT2D eigenvalue weighted by Crippen LogP contribution is 2.42. The molecule has 1 N–H and O–H groups in total. The van der Waals surface area contributed by atoms with Gasteiger partial charge in [0.2, 0.25) is 6.79 Å². The lowest BCUT2D eigenvalue weighted by Crippen LogP contribution is -2.54. The van der Waals surface area contributed by atoms with Crippen LogP contribution in [0.4, 0.5) is 18.0 Å². The van der Waals surface area contributed by atoms with Crippen molar-refractivity contribution < 1.29 is 41.8 Å². The van der Waals surface area contributed by atoms with Crippen molar-refractivity contribution in [3.05, 3.63) is 34.9 Å². The normalized spacial score (nSPS) is 19.4. The second-order valence-electron chi connectivity index (χ2n) is 8.21. The maximum Gasteiger partial charge on any atom is 0.471 e. The van der Waals surface area contributed by atoms with Crippen LogP contribution < -0.4 is 5.32 Å². The highest BCUT2D eigenvalue weighted by molar-refractivity contribution is 6.31. The van der Waals surface area contributed by atoms with Crippen molar-refractivity contribution in [1.82, 2.24) is 10.2 Å². The number of alkyl halides is 3. The van der Waals surface area contributed by atoms with E-state index >= 15 is 0 Å². The Morgan fingerprint density at radius 2 is 1.82 bits per heavy atom. The van der Waals surface area contributed by atoms with Gasteiger partial charge in [-0.05, 0) is 31.2 Å². The Bertz CT molecular complexity index is 939. The minimum atomic E-state index is -5.18. The number of ketones is 1. The van der Waals surface area contributed by atoms with Gasteiger partial charge in [-0.15, -0.1) is 0 Å². The molecule has 0 saturated heterocycles. The fraction of sp³-hybridized carbons (Fsp3) is 0.545. The van der Waals surface area contributed by atoms with Gasteiger partial charge in [-0.3, -0.25) is 14.5 Å². The van der Waals surface area contributed by atoms with Crippen molar-refractivity contribution >= 4 is 35.4 Å². The molecule has 0 spiro atoms. The van der Waals surface area contributed by atoms with E-state index in [1.165, 1.54) is 20.9 Å². The molecule has 12 heteroatoms. The summed E-state index contributed by atoms with van der Waals surface area (Å²) in [5, 5.41) is 1.86. The Morgan fingerprint density at radius 1 is 1.18 bits per heavy atom. The molecule has 1 aliphatic rings. The van der Waals surface area contributed by atoms with Crippen LogP contribution >= 0.6 is 11.6 Å². The molecular weight excluding hydrogens is 481 g/mol. The molecule has 0 aliphatic heterocycles. The Morgan fingerprint density at radius 3 is 2.38 bits per heavy atom. The first-order valence-corrected chi connectivity index (χ1v) is 10.9. The SMILES string of the molecule is CC(C)[C@H](NC(=O)C(F)(F)F)C(=O)OCOC(=O)N(C)[C@]1(c2ccccc2Cl)CCCCC1=O. The number of ether oxygens (including phenoxy) is 2. The zero-order chi connectivity index (χ0) is 25.7. The molecular formula is C22H26ClF3N2O6. The fourth-order valence-corrected chi connectivity index (χ4v) is 4.12. The first kappa shape index (κ1) is 27.4. The van der Waals surface area contributed by atoms with Crippen molar-refractivity contribution in [1.29, 1.82) is 0 Å². The summed E-state index contributed by atoms with van der Waals surface area (Å²) in [7, 11) is 1.36. The molecule has 0 radical (unpaired) electrons. The molecule has 1 aromatic rings. The number of rotatable bonds is 7. The standard InChI is InChI=1S/C22H26ClF3N2O6/c1-13(2)17(27-19(31)22(24,25)26)18(30)33-12-34-20(32)28(3)21(11-7-6-10-16(21)29)14-8-4-5-9-15(14)23/h4-5,8-9,13,17H,6-7,10-12H2,1-3H3,(H,27,31)/t17-,21-/m0/s1. The van der Waals surface area contributed by atoms with Crippen molar-refractivity contribution in [3.8, 4) is 0 Å². The molecule has 2 atom stereocenters. The van der Waals surface area contributed by atoms with Crippen molar-refractivity contribution in [2.24, 2.45) is 5.92 Å². The number of halogens is 4. The average molecular weight is 507 g/mol. The van der Waals surface area contributed by atoms with Crippen LogP contribution in [0, 0.1) is 5.92 Å². The summed E-state index contributed by atoms with van der Waals surface area (Å²) < 4.78 is 47.3. The van der Waals surface area contributed by atoms with Gasteiger partial charge in [-0.2, -0.15) is 13.2 Å². The number of hydrogen-bond donors (Lipinski definition) is 1. The number of amides is 2. The van der Waals surface area contributed by atoms with Crippen LogP contribution in [0.2, 0.25) is 5.02 Å². The molecule has 2 rings (SSSR count). The van der Waals surface area contributed by atoms with E-state index in [4.69, 9.17) is 21.1 Å². The number of esters is 1. The highest BCUT2D eigenvalue weighted by atomic mass is 35.5. The third-order valence-electron chi connectivity index (χ3n) is 5.67. The van der Waals surface area contributed by atoms with E-state index in [2.05, 4.69) is 0 Å². The predicted octanol–water partition coefficient (Wildman–Crippen LogP) is 3.95. The number of nitrogens with one attached hydrogen (secondary N) is 1. The largest absolute Gasteiger partial charge is 0.471 e. The monoisotopic (exact) mass is 506 g/mol. The molecule has 0 unspecified atom stereocenters. The van der Waals surface area contributed by atoms with Crippen LogP contribution in [0.3, 0.4) is 0 Å². The van der Waals surface area contributed by atoms with Crippen LogP contribution in [0.25, 0.3) is 0 Å². The first-order valence-electron chi connectivity index (χ1n) is 10.6. The Kier molecular flexibility index (Phi) is 8.93. The van der Waals surface area contributed by atoms with Gasteiger partial charge in [0, 0.05) is 24.1 Å². The summed E-state index contributed by atoms with van der Waals surface area (Å²) in [6.07, 6.45) is -4.33. The quantitative estimate of drug-likeness (QED) is 0.444. The Labute approximate surface area is 199 Å². The second kappa shape index (κ2) is 11.1. The summed E-state index contributed by atoms with van der Waals surface area (Å²) in [4.78, 5) is 50.3. The van der Waals surface area contributed by atoms with Crippen LogP contribution in [-0.4, -0.2) is 54.7 Å². The lowest BCUT2D eigenvalue weighted by molar-refractivity contribution is -0.177. The van der Waals surface area contributed by atoms with Crippen molar-refractivity contribution in [3.63, 3.8) is 0 Å². The zero-order valence-electron chi connectivity index (χ0n) is 18.9. The number of carbonyl (C=O) groups excluding carboxylic acids is 4. The summed E-state index contributed by atoms with van der Waals surface area (Å²) >= 11 is 6.33. The van der Waals surface area contributed by atoms with Crippen LogP contribution in [0.15, 0.2) is 24.3 Å². The van der Waals surface area contributed by atoms with E-state index < -0.39 is 48.4 Å². The van der Waals surface area contributed by atoms with E-state index in [1.807, 2.05) is 0 Å². The summed E-state index contributed by atoms with van der Waals surface area (Å²) in [6.45, 7) is 1.88. The maximum absolute atomic E-state index is 13.0. The third-order valence-corrected chi connectivity index (χ3v) is 6.00. The number of carbonyl (C=O) groups is 4. The fourth-order valence-electron chi connectivity index (χ4n) is 3.83. The van der Waals surface area contributed by atoms with Gasteiger partial charge in [0.25, 0.3) is 0 Å². The molecule has 2 amide bonds. The first-order chi connectivity index (χ1) is 15.8. The van der Waals surface area contributed by atoms with E-state index in [9.17, 15) is 32.3 Å². The lowest BCUT2D eigenvalue weighted by Gasteiger charge is -2.43. The smallest absolute Gasteiger partial charge is 0.426 e. The minimum absolute atomic E-state index is 0.224. The summed E-state index contributed by atoms with van der Waals surface area (Å²) in [5.74, 6) is -4.46. The minimum Gasteiger partial charge on any atom is -0.426 e. The van der Waals surface area contributed by atoms with Crippen molar-refractivity contribution in [2.75, 3.05) is 13.8 Å². The number of hydrogen-bond acceptors (Lipinski definition) is 6. The van der Waals surface area contributed by atoms with Crippen LogP contribution in [0.5, 0.6) is 0 Å². The van der Waals surface area contributed by atoms with Gasteiger partial charge in [-0.25, -0.2) is 9.59 Å². The number of nitrogens with zero attached hydrogens (tertiary/aromatic N) is 1. The van der Waals surface area contributed by atoms with Crippen molar-refractivity contribution in [2.45, 2.75) is 57.3 Å². The highest BCUT2D eigenvalue weighted by Gasteiger charge is 2.48. The van der Waals surface area contributed by atoms with Gasteiger partial charge in [0.05, 0.1) is 0 Å². The molecule has 1 aromatic carbocycles. The molecule has 188 valence electrons. The molecule has 0 bridgehead atoms. The maximum atomic E-state index is 13.0. The van der Waals surface area contributed by atoms with Crippen LogP contribution in [-0.2, 0) is 29.4 Å². The van der Waals surface area contributed by atoms with Gasteiger partial charge in [-0.1, -0.05) is 43.6 Å². The molecule has 0 aromatic heterocycles. The topological polar surface area (TPSA) is 102 Å². The molecule has 0 heterocycles. The lowest BCUT2D eigenvalue weighted by atomic mass is 9.74. The number of likely N-dealkylation sites (N-methyl/N-ethyl adjacent to an activating group) is 1. The number of benzene rings is 1. The zero-order valence-corrected chi connectivity index (χ0v) is 19.7. The third kappa shape index (κ3) is 5.99.